The Labute approximate surface area is 76.2 Å². The van der Waals surface area contributed by atoms with Crippen LogP contribution >= 0.6 is 0 Å². The van der Waals surface area contributed by atoms with Crippen LogP contribution in [0.5, 0.6) is 0 Å². The zero-order valence-corrected chi connectivity index (χ0v) is 6.75. The molecular formula is C7H2N6O. The lowest BCUT2D eigenvalue weighted by Gasteiger charge is -1.82. The Morgan fingerprint density at radius 1 is 1.14 bits per heavy atom. The Morgan fingerprint density at radius 2 is 1.93 bits per heavy atom. The molecule has 0 spiro atoms. The second-order valence-corrected chi connectivity index (χ2v) is 2.51. The molecular weight excluding hydrogens is 184 g/mol. The van der Waals surface area contributed by atoms with Crippen molar-refractivity contribution >= 4 is 0 Å². The van der Waals surface area contributed by atoms with Crippen molar-refractivity contribution in [3.63, 3.8) is 0 Å². The second kappa shape index (κ2) is 2.77. The zero-order chi connectivity index (χ0) is 10.1. The van der Waals surface area contributed by atoms with Gasteiger partial charge in [0.25, 0.3) is 0 Å². The van der Waals surface area contributed by atoms with Crippen molar-refractivity contribution < 1.29 is 9.58 Å². The van der Waals surface area contributed by atoms with Crippen molar-refractivity contribution in [3.05, 3.63) is 44.4 Å². The molecule has 0 aromatic rings. The first-order valence-electron chi connectivity index (χ1n) is 3.61. The minimum Gasteiger partial charge on any atom is -0.360 e. The lowest BCUT2D eigenvalue weighted by molar-refractivity contribution is -0.109. The lowest BCUT2D eigenvalue weighted by Crippen LogP contribution is -2.30. The Bertz CT molecular complexity index is 669. The number of benzene rings is 1. The van der Waals surface area contributed by atoms with Crippen molar-refractivity contribution in [1.29, 1.82) is 0 Å². The summed E-state index contributed by atoms with van der Waals surface area (Å²) in [5.41, 5.74) is 16.9. The normalized spacial score (nSPS) is 9.71. The second-order valence-electron chi connectivity index (χ2n) is 2.51. The molecule has 2 aliphatic rings. The molecule has 0 atom stereocenters. The van der Waals surface area contributed by atoms with E-state index >= 15 is 0 Å². The molecule has 0 aromatic heterocycles. The van der Waals surface area contributed by atoms with Crippen LogP contribution in [0.1, 0.15) is 0 Å². The SMILES string of the molecule is [N-]=[N+]=c1ccc2nc(=O)nc-2c1=[N+]=[N-]. The molecule has 0 unspecified atom stereocenters. The van der Waals surface area contributed by atoms with Crippen LogP contribution in [0.4, 0.5) is 0 Å². The van der Waals surface area contributed by atoms with Gasteiger partial charge in [-0.15, -0.1) is 0 Å². The van der Waals surface area contributed by atoms with E-state index in [1.807, 2.05) is 0 Å². The van der Waals surface area contributed by atoms with Gasteiger partial charge in [0.15, 0.2) is 5.69 Å². The topological polar surface area (TPSA) is 116 Å². The highest BCUT2D eigenvalue weighted by molar-refractivity contribution is 5.53. The molecule has 0 amide bonds. The smallest absolute Gasteiger partial charge is 0.360 e. The molecule has 1 aliphatic heterocycles. The Morgan fingerprint density at radius 3 is 2.57 bits per heavy atom. The van der Waals surface area contributed by atoms with E-state index in [1.165, 1.54) is 12.1 Å². The maximum absolute atomic E-state index is 10.8. The van der Waals surface area contributed by atoms with E-state index in [4.69, 9.17) is 11.1 Å². The van der Waals surface area contributed by atoms with E-state index in [0.29, 0.717) is 5.69 Å². The van der Waals surface area contributed by atoms with Gasteiger partial charge in [-0.1, -0.05) is 0 Å². The molecule has 0 radical (unpaired) electrons. The van der Waals surface area contributed by atoms with Gasteiger partial charge >= 0.3 is 16.4 Å². The van der Waals surface area contributed by atoms with Gasteiger partial charge in [-0.25, -0.2) is 4.79 Å². The molecule has 7 heteroatoms. The third kappa shape index (κ3) is 0.980. The van der Waals surface area contributed by atoms with Crippen molar-refractivity contribution in [2.45, 2.75) is 0 Å². The first-order chi connectivity index (χ1) is 6.76. The summed E-state index contributed by atoms with van der Waals surface area (Å²) in [4.78, 5) is 23.6. The minimum absolute atomic E-state index is 0.0277. The molecule has 0 saturated carbocycles. The van der Waals surface area contributed by atoms with Crippen LogP contribution in [0.3, 0.4) is 0 Å². The fourth-order valence-electron chi connectivity index (χ4n) is 1.16. The van der Waals surface area contributed by atoms with Gasteiger partial charge in [0, 0.05) is 6.07 Å². The summed E-state index contributed by atoms with van der Waals surface area (Å²) >= 11 is 0. The van der Waals surface area contributed by atoms with Crippen molar-refractivity contribution in [2.75, 3.05) is 0 Å². The molecule has 14 heavy (non-hydrogen) atoms. The van der Waals surface area contributed by atoms with Crippen LogP contribution in [0.25, 0.3) is 22.5 Å². The fourth-order valence-corrected chi connectivity index (χ4v) is 1.16. The van der Waals surface area contributed by atoms with Crippen molar-refractivity contribution in [3.8, 4) is 11.4 Å². The highest BCUT2D eigenvalue weighted by atomic mass is 16.1. The average Bonchev–Trinajstić information content (AvgIpc) is 2.56. The number of fused-ring (bicyclic) bond motifs is 1. The predicted octanol–water partition coefficient (Wildman–Crippen LogP) is -1.92. The van der Waals surface area contributed by atoms with Gasteiger partial charge < -0.3 is 11.1 Å². The average molecular weight is 186 g/mol. The first-order valence-corrected chi connectivity index (χ1v) is 3.61. The van der Waals surface area contributed by atoms with Crippen LogP contribution in [0.2, 0.25) is 0 Å². The van der Waals surface area contributed by atoms with Gasteiger partial charge in [-0.05, 0) is 6.07 Å². The third-order valence-electron chi connectivity index (χ3n) is 1.74. The fraction of sp³-hybridized carbons (Fsp3) is 0. The van der Waals surface area contributed by atoms with E-state index in [0.717, 1.165) is 0 Å². The molecule has 0 bridgehead atoms. The highest BCUT2D eigenvalue weighted by Gasteiger charge is 2.20. The van der Waals surface area contributed by atoms with Crippen LogP contribution in [0, 0.1) is 0 Å². The number of aromatic nitrogens is 2. The van der Waals surface area contributed by atoms with Crippen molar-refractivity contribution in [2.24, 2.45) is 0 Å². The predicted molar refractivity (Wildman–Crippen MR) is 40.8 cm³/mol. The van der Waals surface area contributed by atoms with Crippen LogP contribution in [-0.4, -0.2) is 19.5 Å². The molecule has 1 heterocycles. The maximum Gasteiger partial charge on any atom is 0.430 e. The molecule has 0 saturated heterocycles. The third-order valence-corrected chi connectivity index (χ3v) is 1.74. The lowest BCUT2D eigenvalue weighted by atomic mass is 10.2. The standard InChI is InChI=1S/C7H2N6O/c8-12-4-2-1-3-5(6(4)13-9)11-7(14)10-3/h1-2H. The summed E-state index contributed by atoms with van der Waals surface area (Å²) in [5.74, 6) is 0. The van der Waals surface area contributed by atoms with E-state index in [2.05, 4.69) is 19.5 Å². The maximum atomic E-state index is 10.8. The molecule has 7 nitrogen and oxygen atoms in total. The summed E-state index contributed by atoms with van der Waals surface area (Å²) in [6.07, 6.45) is 0. The van der Waals surface area contributed by atoms with E-state index in [9.17, 15) is 4.79 Å². The monoisotopic (exact) mass is 186 g/mol. The van der Waals surface area contributed by atoms with Crippen LogP contribution < -0.4 is 16.4 Å². The van der Waals surface area contributed by atoms with Crippen LogP contribution in [-0.2, 0) is 0 Å². The summed E-state index contributed by atoms with van der Waals surface area (Å²) in [6, 6.07) is 2.82. The van der Waals surface area contributed by atoms with Crippen molar-refractivity contribution in [1.82, 2.24) is 9.97 Å². The Hall–Kier alpha value is -2.49. The summed E-state index contributed by atoms with van der Waals surface area (Å²) in [5, 5.41) is -0.0421. The quantitative estimate of drug-likeness (QED) is 0.352. The van der Waals surface area contributed by atoms with E-state index in [1.54, 1.807) is 0 Å². The largest absolute Gasteiger partial charge is 0.430 e. The summed E-state index contributed by atoms with van der Waals surface area (Å²) < 4.78 is 0. The van der Waals surface area contributed by atoms with Gasteiger partial charge in [-0.3, -0.25) is 0 Å². The Kier molecular flexibility index (Phi) is 1.61. The number of rotatable bonds is 0. The van der Waals surface area contributed by atoms with Gasteiger partial charge in [0.2, 0.25) is 0 Å². The first kappa shape index (κ1) is 8.12. The van der Waals surface area contributed by atoms with Gasteiger partial charge in [-0.2, -0.15) is 19.5 Å². The van der Waals surface area contributed by atoms with E-state index in [-0.39, 0.29) is 16.4 Å². The Balaban J connectivity index is 3.22. The number of hydrogen-bond acceptors (Lipinski definition) is 3. The number of nitrogens with zero attached hydrogens (tertiary/aromatic N) is 6. The van der Waals surface area contributed by atoms with Crippen LogP contribution in [0.15, 0.2) is 16.9 Å². The molecule has 0 fully saturated rings. The molecule has 0 aromatic carbocycles. The molecule has 66 valence electrons. The molecule has 1 aliphatic carbocycles. The highest BCUT2D eigenvalue weighted by Crippen LogP contribution is 2.04. The van der Waals surface area contributed by atoms with Gasteiger partial charge in [0.05, 0.1) is 0 Å². The number of imidazole rings is 1. The summed E-state index contributed by atoms with van der Waals surface area (Å²) in [7, 11) is 0. The summed E-state index contributed by atoms with van der Waals surface area (Å²) in [6.45, 7) is 0. The molecule has 2 rings (SSSR count). The number of hydrogen-bond donors (Lipinski definition) is 0. The minimum atomic E-state index is -0.667. The van der Waals surface area contributed by atoms with E-state index < -0.39 is 5.69 Å². The molecule has 0 N–H and O–H groups in total. The zero-order valence-electron chi connectivity index (χ0n) is 6.75. The van der Waals surface area contributed by atoms with Gasteiger partial charge in [0.1, 0.15) is 5.69 Å².